The zero-order valence-electron chi connectivity index (χ0n) is 16.2. The second kappa shape index (κ2) is 11.0. The Morgan fingerprint density at radius 2 is 2.27 bits per heavy atom. The van der Waals surface area contributed by atoms with Gasteiger partial charge in [0.15, 0.2) is 4.34 Å². The summed E-state index contributed by atoms with van der Waals surface area (Å²) in [5.74, 6) is -0.591. The van der Waals surface area contributed by atoms with Gasteiger partial charge in [0.25, 0.3) is 0 Å². The van der Waals surface area contributed by atoms with E-state index in [0.29, 0.717) is 35.7 Å². The molecule has 8 nitrogen and oxygen atoms in total. The SMILES string of the molecule is CC(=O)Nc1nnc(SCC(=O)NCC2CN(Cc3ccc(F)c(Cl)c3)CCO2)s1. The number of nitrogens with zero attached hydrogens (tertiary/aromatic N) is 3. The molecule has 3 rings (SSSR count). The lowest BCUT2D eigenvalue weighted by molar-refractivity contribution is -0.119. The number of nitrogens with one attached hydrogen (secondary N) is 2. The Kier molecular flexibility index (Phi) is 8.40. The number of rotatable bonds is 8. The predicted molar refractivity (Wildman–Crippen MR) is 114 cm³/mol. The molecule has 0 aliphatic carbocycles. The highest BCUT2D eigenvalue weighted by molar-refractivity contribution is 8.01. The maximum atomic E-state index is 13.3. The summed E-state index contributed by atoms with van der Waals surface area (Å²) in [7, 11) is 0. The summed E-state index contributed by atoms with van der Waals surface area (Å²) >= 11 is 8.32. The van der Waals surface area contributed by atoms with Crippen molar-refractivity contribution in [2.24, 2.45) is 0 Å². The van der Waals surface area contributed by atoms with Crippen molar-refractivity contribution in [3.8, 4) is 0 Å². The van der Waals surface area contributed by atoms with Crippen LogP contribution >= 0.6 is 34.7 Å². The van der Waals surface area contributed by atoms with Crippen LogP contribution in [0.25, 0.3) is 0 Å². The summed E-state index contributed by atoms with van der Waals surface area (Å²) < 4.78 is 19.6. The lowest BCUT2D eigenvalue weighted by Crippen LogP contribution is -2.47. The molecule has 1 unspecified atom stereocenters. The van der Waals surface area contributed by atoms with Gasteiger partial charge in [-0.1, -0.05) is 40.8 Å². The van der Waals surface area contributed by atoms with Crippen LogP contribution in [0.5, 0.6) is 0 Å². The summed E-state index contributed by atoms with van der Waals surface area (Å²) in [6, 6.07) is 4.71. The Bertz CT molecular complexity index is 900. The van der Waals surface area contributed by atoms with Crippen molar-refractivity contribution < 1.29 is 18.7 Å². The van der Waals surface area contributed by atoms with Gasteiger partial charge in [-0.25, -0.2) is 4.39 Å². The molecular formula is C18H21ClFN5O3S2. The third kappa shape index (κ3) is 7.17. The first kappa shape index (κ1) is 22.9. The molecule has 162 valence electrons. The molecule has 1 aromatic heterocycles. The fourth-order valence-corrected chi connectivity index (χ4v) is 4.65. The number of hydrogen-bond acceptors (Lipinski definition) is 8. The van der Waals surface area contributed by atoms with E-state index in [4.69, 9.17) is 16.3 Å². The minimum Gasteiger partial charge on any atom is -0.374 e. The smallest absolute Gasteiger partial charge is 0.230 e. The van der Waals surface area contributed by atoms with Crippen LogP contribution in [0.15, 0.2) is 22.5 Å². The second-order valence-electron chi connectivity index (χ2n) is 6.62. The van der Waals surface area contributed by atoms with Gasteiger partial charge >= 0.3 is 0 Å². The van der Waals surface area contributed by atoms with Crippen molar-refractivity contribution in [3.05, 3.63) is 34.6 Å². The van der Waals surface area contributed by atoms with Crippen molar-refractivity contribution in [2.75, 3.05) is 37.3 Å². The van der Waals surface area contributed by atoms with Gasteiger partial charge in [0.1, 0.15) is 5.82 Å². The molecule has 1 fully saturated rings. The number of ether oxygens (including phenoxy) is 1. The van der Waals surface area contributed by atoms with Crippen molar-refractivity contribution >= 4 is 51.6 Å². The average molecular weight is 474 g/mol. The maximum absolute atomic E-state index is 13.3. The van der Waals surface area contributed by atoms with Gasteiger partial charge in [-0.2, -0.15) is 0 Å². The van der Waals surface area contributed by atoms with Gasteiger partial charge in [-0.15, -0.1) is 10.2 Å². The standard InChI is InChI=1S/C18H21ClFN5O3S2/c1-11(26)22-17-23-24-18(30-17)29-10-16(27)21-7-13-9-25(4-5-28-13)8-12-2-3-15(20)14(19)6-12/h2-3,6,13H,4-5,7-10H2,1H3,(H,21,27)(H,22,23,26). The highest BCUT2D eigenvalue weighted by Crippen LogP contribution is 2.25. The molecule has 2 N–H and O–H groups in total. The number of morpholine rings is 1. The van der Waals surface area contributed by atoms with Crippen LogP contribution in [0.2, 0.25) is 5.02 Å². The minimum atomic E-state index is -0.430. The van der Waals surface area contributed by atoms with E-state index < -0.39 is 5.82 Å². The molecule has 1 atom stereocenters. The van der Waals surface area contributed by atoms with Gasteiger partial charge in [-0.05, 0) is 17.7 Å². The molecule has 1 saturated heterocycles. The van der Waals surface area contributed by atoms with Gasteiger partial charge in [0, 0.05) is 33.1 Å². The highest BCUT2D eigenvalue weighted by Gasteiger charge is 2.21. The molecular weight excluding hydrogens is 453 g/mol. The molecule has 1 aromatic carbocycles. The van der Waals surface area contributed by atoms with Crippen molar-refractivity contribution in [3.63, 3.8) is 0 Å². The Hall–Kier alpha value is -1.79. The largest absolute Gasteiger partial charge is 0.374 e. The number of carbonyl (C=O) groups is 2. The monoisotopic (exact) mass is 473 g/mol. The zero-order chi connectivity index (χ0) is 21.5. The van der Waals surface area contributed by atoms with Crippen molar-refractivity contribution in [1.82, 2.24) is 20.4 Å². The first-order valence-corrected chi connectivity index (χ1v) is 11.4. The number of carbonyl (C=O) groups excluding carboxylic acids is 2. The molecule has 0 saturated carbocycles. The van der Waals surface area contributed by atoms with Crippen LogP contribution in [-0.4, -0.2) is 65.0 Å². The quantitative estimate of drug-likeness (QED) is 0.449. The molecule has 2 amide bonds. The molecule has 0 bridgehead atoms. The highest BCUT2D eigenvalue weighted by atomic mass is 35.5. The molecule has 0 spiro atoms. The number of benzene rings is 1. The summed E-state index contributed by atoms with van der Waals surface area (Å²) in [5.41, 5.74) is 0.929. The number of anilines is 1. The summed E-state index contributed by atoms with van der Waals surface area (Å²) in [5, 5.41) is 13.7. The Morgan fingerprint density at radius 1 is 1.43 bits per heavy atom. The fraction of sp³-hybridized carbons (Fsp3) is 0.444. The average Bonchev–Trinajstić information content (AvgIpc) is 3.14. The predicted octanol–water partition coefficient (Wildman–Crippen LogP) is 2.40. The van der Waals surface area contributed by atoms with E-state index in [2.05, 4.69) is 25.7 Å². The molecule has 30 heavy (non-hydrogen) atoms. The Balaban J connectivity index is 1.39. The minimum absolute atomic E-state index is 0.113. The first-order chi connectivity index (χ1) is 14.4. The summed E-state index contributed by atoms with van der Waals surface area (Å²) in [6.45, 7) is 4.39. The van der Waals surface area contributed by atoms with Crippen LogP contribution in [0.3, 0.4) is 0 Å². The number of halogens is 2. The van der Waals surface area contributed by atoms with E-state index in [-0.39, 0.29) is 28.7 Å². The van der Waals surface area contributed by atoms with E-state index in [1.165, 1.54) is 36.1 Å². The van der Waals surface area contributed by atoms with Crippen molar-refractivity contribution in [2.45, 2.75) is 23.9 Å². The first-order valence-electron chi connectivity index (χ1n) is 9.17. The molecule has 2 aromatic rings. The number of amides is 2. The van der Waals surface area contributed by atoms with Crippen LogP contribution in [0.1, 0.15) is 12.5 Å². The van der Waals surface area contributed by atoms with E-state index in [1.54, 1.807) is 12.1 Å². The fourth-order valence-electron chi connectivity index (χ4n) is 2.82. The second-order valence-corrected chi connectivity index (χ2v) is 9.23. The molecule has 2 heterocycles. The van der Waals surface area contributed by atoms with Gasteiger partial charge < -0.3 is 15.4 Å². The number of aromatic nitrogens is 2. The zero-order valence-corrected chi connectivity index (χ0v) is 18.6. The lowest BCUT2D eigenvalue weighted by atomic mass is 10.2. The number of hydrogen-bond donors (Lipinski definition) is 2. The van der Waals surface area contributed by atoms with E-state index in [9.17, 15) is 14.0 Å². The summed E-state index contributed by atoms with van der Waals surface area (Å²) in [6.07, 6.45) is -0.128. The van der Waals surface area contributed by atoms with Crippen molar-refractivity contribution in [1.29, 1.82) is 0 Å². The van der Waals surface area contributed by atoms with E-state index in [0.717, 1.165) is 12.1 Å². The van der Waals surface area contributed by atoms with E-state index >= 15 is 0 Å². The maximum Gasteiger partial charge on any atom is 0.230 e. The van der Waals surface area contributed by atoms with Crippen LogP contribution in [0, 0.1) is 5.82 Å². The third-order valence-electron chi connectivity index (χ3n) is 4.16. The Morgan fingerprint density at radius 3 is 3.03 bits per heavy atom. The van der Waals surface area contributed by atoms with Gasteiger partial charge in [0.05, 0.1) is 23.5 Å². The van der Waals surface area contributed by atoms with Crippen LogP contribution in [0.4, 0.5) is 9.52 Å². The Labute approximate surface area is 186 Å². The number of thioether (sulfide) groups is 1. The lowest BCUT2D eigenvalue weighted by Gasteiger charge is -2.33. The normalized spacial score (nSPS) is 17.0. The molecule has 1 aliphatic heterocycles. The van der Waals surface area contributed by atoms with Gasteiger partial charge in [-0.3, -0.25) is 14.5 Å². The summed E-state index contributed by atoms with van der Waals surface area (Å²) in [4.78, 5) is 25.3. The third-order valence-corrected chi connectivity index (χ3v) is 6.42. The molecule has 1 aliphatic rings. The van der Waals surface area contributed by atoms with Crippen LogP contribution in [-0.2, 0) is 20.9 Å². The van der Waals surface area contributed by atoms with E-state index in [1.807, 2.05) is 0 Å². The molecule has 12 heteroatoms. The van der Waals surface area contributed by atoms with Gasteiger partial charge in [0.2, 0.25) is 16.9 Å². The van der Waals surface area contributed by atoms with Crippen LogP contribution < -0.4 is 10.6 Å². The molecule has 0 radical (unpaired) electrons. The topological polar surface area (TPSA) is 96.5 Å².